The summed E-state index contributed by atoms with van der Waals surface area (Å²) in [4.78, 5) is 12.3. The highest BCUT2D eigenvalue weighted by Gasteiger charge is 2.15. The van der Waals surface area contributed by atoms with E-state index in [9.17, 15) is 9.18 Å². The van der Waals surface area contributed by atoms with E-state index in [1.54, 1.807) is 37.3 Å². The lowest BCUT2D eigenvalue weighted by atomic mass is 10.1. The van der Waals surface area contributed by atoms with Crippen LogP contribution in [0.25, 0.3) is 0 Å². The zero-order valence-corrected chi connectivity index (χ0v) is 12.7. The van der Waals surface area contributed by atoms with Crippen molar-refractivity contribution in [1.82, 2.24) is 0 Å². The van der Waals surface area contributed by atoms with Gasteiger partial charge in [0.1, 0.15) is 10.8 Å². The fourth-order valence-corrected chi connectivity index (χ4v) is 2.08. The number of hydrogen-bond acceptors (Lipinski definition) is 2. The van der Waals surface area contributed by atoms with Gasteiger partial charge in [-0.15, -0.1) is 0 Å². The zero-order chi connectivity index (χ0) is 15.6. The van der Waals surface area contributed by atoms with Crippen LogP contribution in [0.4, 0.5) is 10.1 Å². The number of benzene rings is 2. The van der Waals surface area contributed by atoms with Crippen molar-refractivity contribution >= 4 is 40.4 Å². The topological polar surface area (TPSA) is 55.1 Å². The lowest BCUT2D eigenvalue weighted by molar-refractivity contribution is 0.102. The van der Waals surface area contributed by atoms with Crippen LogP contribution in [0.5, 0.6) is 0 Å². The van der Waals surface area contributed by atoms with Crippen LogP contribution in [0.3, 0.4) is 0 Å². The third-order valence-electron chi connectivity index (χ3n) is 2.94. The Morgan fingerprint density at radius 3 is 2.71 bits per heavy atom. The van der Waals surface area contributed by atoms with Gasteiger partial charge in [0.2, 0.25) is 0 Å². The summed E-state index contributed by atoms with van der Waals surface area (Å²) in [7, 11) is 0. The Morgan fingerprint density at radius 2 is 2.05 bits per heavy atom. The smallest absolute Gasteiger partial charge is 0.258 e. The van der Waals surface area contributed by atoms with Crippen molar-refractivity contribution in [3.8, 4) is 0 Å². The maximum Gasteiger partial charge on any atom is 0.258 e. The minimum absolute atomic E-state index is 0.0493. The molecule has 0 fully saturated rings. The minimum Gasteiger partial charge on any atom is -0.389 e. The number of halogens is 2. The molecule has 3 nitrogen and oxygen atoms in total. The normalized spacial score (nSPS) is 10.2. The first-order valence-corrected chi connectivity index (χ1v) is 6.84. The third-order valence-corrected chi connectivity index (χ3v) is 3.50. The van der Waals surface area contributed by atoms with Crippen molar-refractivity contribution in [2.24, 2.45) is 5.73 Å². The monoisotopic (exact) mass is 322 g/mol. The molecule has 0 spiro atoms. The molecule has 0 saturated heterocycles. The molecule has 0 aliphatic carbocycles. The average Bonchev–Trinajstić information content (AvgIpc) is 2.43. The molecule has 0 atom stereocenters. The van der Waals surface area contributed by atoms with Crippen LogP contribution in [-0.4, -0.2) is 10.9 Å². The maximum absolute atomic E-state index is 13.9. The van der Waals surface area contributed by atoms with Crippen molar-refractivity contribution in [1.29, 1.82) is 0 Å². The fourth-order valence-electron chi connectivity index (χ4n) is 1.79. The summed E-state index contributed by atoms with van der Waals surface area (Å²) in [5.74, 6) is -1.14. The van der Waals surface area contributed by atoms with Crippen molar-refractivity contribution < 1.29 is 9.18 Å². The number of anilines is 1. The predicted molar refractivity (Wildman–Crippen MR) is 86.4 cm³/mol. The van der Waals surface area contributed by atoms with Gasteiger partial charge in [-0.05, 0) is 30.7 Å². The van der Waals surface area contributed by atoms with Crippen molar-refractivity contribution in [2.75, 3.05) is 5.32 Å². The highest BCUT2D eigenvalue weighted by molar-refractivity contribution is 7.80. The summed E-state index contributed by atoms with van der Waals surface area (Å²) in [6.07, 6.45) is 0. The summed E-state index contributed by atoms with van der Waals surface area (Å²) in [5, 5.41) is 2.88. The number of thiocarbonyl (C=S) groups is 1. The van der Waals surface area contributed by atoms with Gasteiger partial charge in [-0.1, -0.05) is 42.0 Å². The van der Waals surface area contributed by atoms with E-state index in [0.717, 1.165) is 0 Å². The first-order valence-electron chi connectivity index (χ1n) is 6.06. The molecule has 0 unspecified atom stereocenters. The molecule has 0 bridgehead atoms. The molecule has 2 aromatic carbocycles. The van der Waals surface area contributed by atoms with E-state index in [1.807, 2.05) is 0 Å². The molecule has 0 heterocycles. The lowest BCUT2D eigenvalue weighted by Gasteiger charge is -2.10. The SMILES string of the molecule is Cc1cccc(C(=O)Nc2cc(C(N)=S)ccc2Cl)c1F. The molecule has 3 N–H and O–H groups in total. The number of carbonyl (C=O) groups is 1. The van der Waals surface area contributed by atoms with E-state index in [-0.39, 0.29) is 10.6 Å². The van der Waals surface area contributed by atoms with Crippen LogP contribution in [0.2, 0.25) is 5.02 Å². The van der Waals surface area contributed by atoms with E-state index < -0.39 is 11.7 Å². The van der Waals surface area contributed by atoms with Crippen molar-refractivity contribution in [3.63, 3.8) is 0 Å². The lowest BCUT2D eigenvalue weighted by Crippen LogP contribution is -2.16. The standard InChI is InChI=1S/C15H12ClFN2OS/c1-8-3-2-4-10(13(8)17)15(20)19-12-7-9(14(18)21)5-6-11(12)16/h2-7H,1H3,(H2,18,21)(H,19,20). The second kappa shape index (κ2) is 6.20. The molecular formula is C15H12ClFN2OS. The molecular weight excluding hydrogens is 311 g/mol. The molecule has 0 radical (unpaired) electrons. The van der Waals surface area contributed by atoms with Gasteiger partial charge < -0.3 is 11.1 Å². The number of amides is 1. The summed E-state index contributed by atoms with van der Waals surface area (Å²) < 4.78 is 13.9. The van der Waals surface area contributed by atoms with Crippen LogP contribution in [-0.2, 0) is 0 Å². The van der Waals surface area contributed by atoms with E-state index in [4.69, 9.17) is 29.6 Å². The van der Waals surface area contributed by atoms with E-state index in [0.29, 0.717) is 21.8 Å². The molecule has 6 heteroatoms. The summed E-state index contributed by atoms with van der Waals surface area (Å²) in [6, 6.07) is 9.37. The van der Waals surface area contributed by atoms with Gasteiger partial charge in [0.25, 0.3) is 5.91 Å². The van der Waals surface area contributed by atoms with Crippen LogP contribution in [0, 0.1) is 12.7 Å². The Bertz CT molecular complexity index is 734. The van der Waals surface area contributed by atoms with Gasteiger partial charge in [0, 0.05) is 5.56 Å². The van der Waals surface area contributed by atoms with Gasteiger partial charge in [-0.3, -0.25) is 4.79 Å². The number of carbonyl (C=O) groups excluding carboxylic acids is 1. The zero-order valence-electron chi connectivity index (χ0n) is 11.1. The first kappa shape index (κ1) is 15.4. The number of rotatable bonds is 3. The van der Waals surface area contributed by atoms with E-state index in [2.05, 4.69) is 5.32 Å². The highest BCUT2D eigenvalue weighted by atomic mass is 35.5. The van der Waals surface area contributed by atoms with Gasteiger partial charge >= 0.3 is 0 Å². The summed E-state index contributed by atoms with van der Waals surface area (Å²) >= 11 is 10.9. The molecule has 0 aliphatic heterocycles. The van der Waals surface area contributed by atoms with Gasteiger partial charge in [-0.2, -0.15) is 0 Å². The van der Waals surface area contributed by atoms with Gasteiger partial charge in [0.15, 0.2) is 0 Å². The third kappa shape index (κ3) is 3.37. The number of nitrogens with two attached hydrogens (primary N) is 1. The highest BCUT2D eigenvalue weighted by Crippen LogP contribution is 2.24. The number of nitrogens with one attached hydrogen (secondary N) is 1. The first-order chi connectivity index (χ1) is 9.90. The van der Waals surface area contributed by atoms with Crippen LogP contribution in [0.1, 0.15) is 21.5 Å². The second-order valence-electron chi connectivity index (χ2n) is 4.45. The molecule has 2 rings (SSSR count). The molecule has 21 heavy (non-hydrogen) atoms. The Balaban J connectivity index is 2.33. The molecule has 0 aromatic heterocycles. The quantitative estimate of drug-likeness (QED) is 0.848. The number of hydrogen-bond donors (Lipinski definition) is 2. The van der Waals surface area contributed by atoms with Gasteiger partial charge in [-0.25, -0.2) is 4.39 Å². The molecule has 0 aliphatic rings. The molecule has 108 valence electrons. The van der Waals surface area contributed by atoms with Crippen LogP contribution >= 0.6 is 23.8 Å². The average molecular weight is 323 g/mol. The van der Waals surface area contributed by atoms with Gasteiger partial charge in [0.05, 0.1) is 16.3 Å². The van der Waals surface area contributed by atoms with E-state index >= 15 is 0 Å². The Kier molecular flexibility index (Phi) is 4.55. The Morgan fingerprint density at radius 1 is 1.33 bits per heavy atom. The largest absolute Gasteiger partial charge is 0.389 e. The second-order valence-corrected chi connectivity index (χ2v) is 5.30. The molecule has 0 saturated carbocycles. The van der Waals surface area contributed by atoms with Crippen LogP contribution < -0.4 is 11.1 Å². The van der Waals surface area contributed by atoms with Crippen molar-refractivity contribution in [3.05, 3.63) is 63.9 Å². The molecule has 2 aromatic rings. The maximum atomic E-state index is 13.9. The summed E-state index contributed by atoms with van der Waals surface area (Å²) in [6.45, 7) is 1.59. The fraction of sp³-hybridized carbons (Fsp3) is 0.0667. The van der Waals surface area contributed by atoms with Crippen molar-refractivity contribution in [2.45, 2.75) is 6.92 Å². The van der Waals surface area contributed by atoms with Crippen LogP contribution in [0.15, 0.2) is 36.4 Å². The summed E-state index contributed by atoms with van der Waals surface area (Å²) in [5.41, 5.74) is 6.77. The Labute approximate surface area is 131 Å². The molecule has 1 amide bonds. The minimum atomic E-state index is -0.585. The predicted octanol–water partition coefficient (Wildman–Crippen LogP) is 3.67. The Hall–Kier alpha value is -1.98. The number of aryl methyl sites for hydroxylation is 1. The van der Waals surface area contributed by atoms with E-state index in [1.165, 1.54) is 6.07 Å².